The van der Waals surface area contributed by atoms with E-state index < -0.39 is 24.2 Å². The summed E-state index contributed by atoms with van der Waals surface area (Å²) in [6, 6.07) is 8.58. The average Bonchev–Trinajstić information content (AvgIpc) is 2.64. The number of esters is 1. The summed E-state index contributed by atoms with van der Waals surface area (Å²) in [5, 5.41) is 2.60. The molecule has 0 aliphatic carbocycles. The van der Waals surface area contributed by atoms with E-state index in [0.717, 1.165) is 5.56 Å². The Morgan fingerprint density at radius 3 is 2.07 bits per heavy atom. The standard InChI is InChI=1S/C22H34N2O5/c1-15(2)12-18(20(25)24(5)6)23-22(27)29-19(13-16(3)4)21(26)28-14-17-10-8-7-9-11-17/h7-11,15-16,18-19H,12-14H2,1-6H3,(H,23,27)/t18-,19-/m0/s1. The molecule has 0 radical (unpaired) electrons. The molecule has 0 fully saturated rings. The Balaban J connectivity index is 2.75. The summed E-state index contributed by atoms with van der Waals surface area (Å²) in [4.78, 5) is 38.7. The topological polar surface area (TPSA) is 84.9 Å². The molecule has 0 saturated heterocycles. The molecule has 1 N–H and O–H groups in total. The monoisotopic (exact) mass is 406 g/mol. The summed E-state index contributed by atoms with van der Waals surface area (Å²) in [6.45, 7) is 7.89. The molecule has 2 amide bonds. The first-order chi connectivity index (χ1) is 13.6. The zero-order chi connectivity index (χ0) is 22.0. The van der Waals surface area contributed by atoms with E-state index in [-0.39, 0.29) is 24.3 Å². The molecule has 0 spiro atoms. The first-order valence-electron chi connectivity index (χ1n) is 9.99. The lowest BCUT2D eigenvalue weighted by molar-refractivity contribution is -0.156. The second-order valence-electron chi connectivity index (χ2n) is 8.18. The Hall–Kier alpha value is -2.57. The van der Waals surface area contributed by atoms with Crippen LogP contribution in [0, 0.1) is 11.8 Å². The molecule has 1 aromatic carbocycles. The number of nitrogens with one attached hydrogen (secondary N) is 1. The second kappa shape index (κ2) is 12.1. The van der Waals surface area contributed by atoms with Crippen molar-refractivity contribution in [3.05, 3.63) is 35.9 Å². The molecule has 0 aliphatic rings. The second-order valence-corrected chi connectivity index (χ2v) is 8.18. The number of carbonyl (C=O) groups is 3. The van der Waals surface area contributed by atoms with Gasteiger partial charge in [-0.1, -0.05) is 58.0 Å². The molecule has 2 atom stereocenters. The van der Waals surface area contributed by atoms with Crippen molar-refractivity contribution in [1.29, 1.82) is 0 Å². The molecule has 0 unspecified atom stereocenters. The molecule has 0 aromatic heterocycles. The van der Waals surface area contributed by atoms with E-state index in [2.05, 4.69) is 5.32 Å². The highest BCUT2D eigenvalue weighted by Gasteiger charge is 2.29. The predicted molar refractivity (Wildman–Crippen MR) is 111 cm³/mol. The summed E-state index contributed by atoms with van der Waals surface area (Å²) in [5.74, 6) is -0.502. The van der Waals surface area contributed by atoms with E-state index in [0.29, 0.717) is 12.8 Å². The Bertz CT molecular complexity index is 658. The number of benzene rings is 1. The van der Waals surface area contributed by atoms with Crippen LogP contribution in [0.1, 0.15) is 46.1 Å². The SMILES string of the molecule is CC(C)C[C@H](NC(=O)O[C@@H](CC(C)C)C(=O)OCc1ccccc1)C(=O)N(C)C. The van der Waals surface area contributed by atoms with E-state index in [9.17, 15) is 14.4 Å². The van der Waals surface area contributed by atoms with Gasteiger partial charge in [-0.15, -0.1) is 0 Å². The fraction of sp³-hybridized carbons (Fsp3) is 0.591. The van der Waals surface area contributed by atoms with Crippen molar-refractivity contribution in [3.63, 3.8) is 0 Å². The smallest absolute Gasteiger partial charge is 0.408 e. The Labute approximate surface area is 173 Å². The van der Waals surface area contributed by atoms with Crippen LogP contribution in [0.3, 0.4) is 0 Å². The van der Waals surface area contributed by atoms with Crippen molar-refractivity contribution in [1.82, 2.24) is 10.2 Å². The first-order valence-corrected chi connectivity index (χ1v) is 9.99. The van der Waals surface area contributed by atoms with E-state index in [1.807, 2.05) is 58.0 Å². The Morgan fingerprint density at radius 1 is 0.966 bits per heavy atom. The summed E-state index contributed by atoms with van der Waals surface area (Å²) < 4.78 is 10.7. The number of carbonyl (C=O) groups excluding carboxylic acids is 3. The van der Waals surface area contributed by atoms with Crippen LogP contribution < -0.4 is 5.32 Å². The van der Waals surface area contributed by atoms with Crippen molar-refractivity contribution < 1.29 is 23.9 Å². The number of amides is 2. The van der Waals surface area contributed by atoms with Crippen LogP contribution >= 0.6 is 0 Å². The number of alkyl carbamates (subject to hydrolysis) is 1. The van der Waals surface area contributed by atoms with Gasteiger partial charge in [-0.25, -0.2) is 9.59 Å². The number of ether oxygens (including phenoxy) is 2. The molecule has 7 nitrogen and oxygen atoms in total. The van der Waals surface area contributed by atoms with E-state index in [4.69, 9.17) is 9.47 Å². The highest BCUT2D eigenvalue weighted by molar-refractivity contribution is 5.86. The summed E-state index contributed by atoms with van der Waals surface area (Å²) >= 11 is 0. The average molecular weight is 407 g/mol. The first kappa shape index (κ1) is 24.5. The van der Waals surface area contributed by atoms with E-state index in [1.165, 1.54) is 4.90 Å². The van der Waals surface area contributed by atoms with Crippen LogP contribution in [0.2, 0.25) is 0 Å². The molecule has 0 saturated carbocycles. The molecule has 7 heteroatoms. The normalized spacial score (nSPS) is 13.0. The quantitative estimate of drug-likeness (QED) is 0.602. The minimum Gasteiger partial charge on any atom is -0.458 e. The fourth-order valence-corrected chi connectivity index (χ4v) is 2.75. The highest BCUT2D eigenvalue weighted by Crippen LogP contribution is 2.13. The Morgan fingerprint density at radius 2 is 1.55 bits per heavy atom. The van der Waals surface area contributed by atoms with Crippen LogP contribution in [0.25, 0.3) is 0 Å². The number of likely N-dealkylation sites (N-methyl/N-ethyl adjacent to an activating group) is 1. The Kier molecular flexibility index (Phi) is 10.2. The van der Waals surface area contributed by atoms with Gasteiger partial charge in [0, 0.05) is 14.1 Å². The van der Waals surface area contributed by atoms with Gasteiger partial charge in [0.1, 0.15) is 12.6 Å². The molecular formula is C22H34N2O5. The third-order valence-corrected chi connectivity index (χ3v) is 4.16. The third kappa shape index (κ3) is 9.45. The van der Waals surface area contributed by atoms with Crippen molar-refractivity contribution in [3.8, 4) is 0 Å². The maximum absolute atomic E-state index is 12.5. The zero-order valence-electron chi connectivity index (χ0n) is 18.3. The third-order valence-electron chi connectivity index (χ3n) is 4.16. The van der Waals surface area contributed by atoms with Gasteiger partial charge in [-0.2, -0.15) is 0 Å². The lowest BCUT2D eigenvalue weighted by atomic mass is 10.0. The van der Waals surface area contributed by atoms with Crippen LogP contribution in [-0.4, -0.2) is 49.1 Å². The van der Waals surface area contributed by atoms with Gasteiger partial charge in [0.25, 0.3) is 0 Å². The molecule has 1 rings (SSSR count). The van der Waals surface area contributed by atoms with Gasteiger partial charge >= 0.3 is 12.1 Å². The zero-order valence-corrected chi connectivity index (χ0v) is 18.3. The highest BCUT2D eigenvalue weighted by atomic mass is 16.6. The van der Waals surface area contributed by atoms with Gasteiger partial charge in [-0.3, -0.25) is 4.79 Å². The lowest BCUT2D eigenvalue weighted by Crippen LogP contribution is -2.48. The van der Waals surface area contributed by atoms with Crippen LogP contribution in [-0.2, 0) is 25.7 Å². The largest absolute Gasteiger partial charge is 0.458 e. The van der Waals surface area contributed by atoms with Gasteiger partial charge in [-0.05, 0) is 30.2 Å². The molecule has 0 bridgehead atoms. The minimum absolute atomic E-state index is 0.105. The van der Waals surface area contributed by atoms with E-state index in [1.54, 1.807) is 14.1 Å². The maximum atomic E-state index is 12.5. The molecule has 0 aliphatic heterocycles. The number of hydrogen-bond acceptors (Lipinski definition) is 5. The molecule has 162 valence electrons. The van der Waals surface area contributed by atoms with Crippen molar-refractivity contribution in [2.75, 3.05) is 14.1 Å². The molecule has 29 heavy (non-hydrogen) atoms. The number of rotatable bonds is 10. The minimum atomic E-state index is -1.03. The van der Waals surface area contributed by atoms with Crippen LogP contribution in [0.5, 0.6) is 0 Å². The number of nitrogens with zero attached hydrogens (tertiary/aromatic N) is 1. The lowest BCUT2D eigenvalue weighted by Gasteiger charge is -2.24. The van der Waals surface area contributed by atoms with Crippen molar-refractivity contribution in [2.24, 2.45) is 11.8 Å². The van der Waals surface area contributed by atoms with Crippen molar-refractivity contribution in [2.45, 2.75) is 59.3 Å². The van der Waals surface area contributed by atoms with Crippen LogP contribution in [0.15, 0.2) is 30.3 Å². The fourth-order valence-electron chi connectivity index (χ4n) is 2.75. The van der Waals surface area contributed by atoms with Gasteiger partial charge < -0.3 is 19.7 Å². The number of hydrogen-bond donors (Lipinski definition) is 1. The molecule has 0 heterocycles. The molecular weight excluding hydrogens is 372 g/mol. The van der Waals surface area contributed by atoms with Crippen molar-refractivity contribution >= 4 is 18.0 Å². The summed E-state index contributed by atoms with van der Waals surface area (Å²) in [5.41, 5.74) is 0.849. The van der Waals surface area contributed by atoms with Gasteiger partial charge in [0.2, 0.25) is 12.0 Å². The summed E-state index contributed by atoms with van der Waals surface area (Å²) in [6.07, 6.45) is -1.03. The van der Waals surface area contributed by atoms with Gasteiger partial charge in [0.15, 0.2) is 0 Å². The predicted octanol–water partition coefficient (Wildman–Crippen LogP) is 3.37. The van der Waals surface area contributed by atoms with E-state index >= 15 is 0 Å². The summed E-state index contributed by atoms with van der Waals surface area (Å²) in [7, 11) is 3.26. The van der Waals surface area contributed by atoms with Crippen LogP contribution in [0.4, 0.5) is 4.79 Å². The molecule has 1 aromatic rings. The van der Waals surface area contributed by atoms with Gasteiger partial charge in [0.05, 0.1) is 0 Å². The maximum Gasteiger partial charge on any atom is 0.408 e.